The third-order valence-electron chi connectivity index (χ3n) is 3.01. The number of nitrogen functional groups attached to an aromatic ring is 1. The molecule has 0 aliphatic heterocycles. The Balaban J connectivity index is 3.34. The van der Waals surface area contributed by atoms with E-state index in [4.69, 9.17) is 15.6 Å². The van der Waals surface area contributed by atoms with Crippen molar-refractivity contribution in [1.29, 1.82) is 0 Å². The fourth-order valence-electron chi connectivity index (χ4n) is 1.92. The Morgan fingerprint density at radius 3 is 2.20 bits per heavy atom. The van der Waals surface area contributed by atoms with E-state index in [-0.39, 0.29) is 16.9 Å². The quantitative estimate of drug-likeness (QED) is 0.654. The molecule has 0 saturated carbocycles. The van der Waals surface area contributed by atoms with Gasteiger partial charge in [0, 0.05) is 18.1 Å². The third kappa shape index (κ3) is 4.15. The number of rotatable bonds is 4. The normalized spacial score (nSPS) is 14.2. The lowest BCUT2D eigenvalue weighted by Gasteiger charge is -2.30. The van der Waals surface area contributed by atoms with E-state index in [1.165, 1.54) is 0 Å². The van der Waals surface area contributed by atoms with Crippen molar-refractivity contribution >= 4 is 5.82 Å². The van der Waals surface area contributed by atoms with E-state index in [0.29, 0.717) is 18.2 Å². The fourth-order valence-corrected chi connectivity index (χ4v) is 1.92. The summed E-state index contributed by atoms with van der Waals surface area (Å²) in [4.78, 5) is 9.18. The molecule has 1 aromatic rings. The molecule has 1 rings (SSSR count). The molecule has 0 amide bonds. The Labute approximate surface area is 122 Å². The summed E-state index contributed by atoms with van der Waals surface area (Å²) in [5, 5.41) is 0. The molecule has 0 bridgehead atoms. The molecular formula is C15H28N4O. The second-order valence-electron chi connectivity index (χ2n) is 7.09. The smallest absolute Gasteiger partial charge is 0.160 e. The van der Waals surface area contributed by atoms with Gasteiger partial charge in [-0.2, -0.15) is 0 Å². The molecule has 0 fully saturated rings. The second kappa shape index (κ2) is 6.06. The number of hydrazine groups is 1. The van der Waals surface area contributed by atoms with Crippen LogP contribution in [0.25, 0.3) is 0 Å². The number of aromatic nitrogens is 2. The van der Waals surface area contributed by atoms with Crippen LogP contribution >= 0.6 is 0 Å². The lowest BCUT2D eigenvalue weighted by atomic mass is 9.87. The fraction of sp³-hybridized carbons (Fsp3) is 0.733. The van der Waals surface area contributed by atoms with Crippen molar-refractivity contribution in [2.24, 2.45) is 11.3 Å². The van der Waals surface area contributed by atoms with E-state index in [1.807, 2.05) is 13.0 Å². The number of ether oxygens (including phenoxy) is 1. The molecule has 0 spiro atoms. The van der Waals surface area contributed by atoms with Gasteiger partial charge in [0.05, 0.1) is 5.69 Å². The average Bonchev–Trinajstić information content (AvgIpc) is 2.32. The Morgan fingerprint density at radius 2 is 1.80 bits per heavy atom. The first-order chi connectivity index (χ1) is 9.09. The van der Waals surface area contributed by atoms with E-state index >= 15 is 0 Å². The summed E-state index contributed by atoms with van der Waals surface area (Å²) in [6.45, 7) is 15.3. The molecule has 5 nitrogen and oxygen atoms in total. The highest BCUT2D eigenvalue weighted by Crippen LogP contribution is 2.35. The molecule has 5 heteroatoms. The van der Waals surface area contributed by atoms with Gasteiger partial charge in [-0.15, -0.1) is 0 Å². The number of hydrogen-bond donors (Lipinski definition) is 2. The van der Waals surface area contributed by atoms with Gasteiger partial charge in [-0.25, -0.2) is 15.8 Å². The average molecular weight is 280 g/mol. The van der Waals surface area contributed by atoms with Crippen LogP contribution in [0.15, 0.2) is 6.07 Å². The van der Waals surface area contributed by atoms with Gasteiger partial charge in [-0.05, 0) is 12.3 Å². The number of hydrogen-bond acceptors (Lipinski definition) is 5. The van der Waals surface area contributed by atoms with Gasteiger partial charge in [0.25, 0.3) is 0 Å². The molecule has 0 aliphatic rings. The van der Waals surface area contributed by atoms with Crippen LogP contribution in [0.5, 0.6) is 0 Å². The standard InChI is InChI=1S/C15H28N4O/c1-8-20-12(15(5,6)7)13-17-10(14(2,3)4)9-11(18-13)19-16/h9,12H,8,16H2,1-7H3,(H,17,18,19). The lowest BCUT2D eigenvalue weighted by molar-refractivity contribution is -0.0192. The molecular weight excluding hydrogens is 252 g/mol. The zero-order chi connectivity index (χ0) is 15.6. The maximum Gasteiger partial charge on any atom is 0.160 e. The number of anilines is 1. The number of nitrogens with zero attached hydrogens (tertiary/aromatic N) is 2. The Kier molecular flexibility index (Phi) is 5.10. The molecule has 3 N–H and O–H groups in total. The molecule has 20 heavy (non-hydrogen) atoms. The summed E-state index contributed by atoms with van der Waals surface area (Å²) in [5.74, 6) is 6.83. The Bertz CT molecular complexity index is 446. The van der Waals surface area contributed by atoms with E-state index in [2.05, 4.69) is 52.0 Å². The Morgan fingerprint density at radius 1 is 1.20 bits per heavy atom. The van der Waals surface area contributed by atoms with Crippen molar-refractivity contribution in [2.75, 3.05) is 12.0 Å². The van der Waals surface area contributed by atoms with Crippen molar-refractivity contribution in [2.45, 2.75) is 60.0 Å². The zero-order valence-electron chi connectivity index (χ0n) is 13.7. The van der Waals surface area contributed by atoms with Crippen molar-refractivity contribution in [3.05, 3.63) is 17.6 Å². The van der Waals surface area contributed by atoms with Crippen LogP contribution in [0.2, 0.25) is 0 Å². The predicted molar refractivity (Wildman–Crippen MR) is 82.4 cm³/mol. The summed E-state index contributed by atoms with van der Waals surface area (Å²) in [6.07, 6.45) is -0.165. The van der Waals surface area contributed by atoms with Crippen LogP contribution in [0, 0.1) is 5.41 Å². The highest BCUT2D eigenvalue weighted by molar-refractivity contribution is 5.37. The minimum Gasteiger partial charge on any atom is -0.370 e. The summed E-state index contributed by atoms with van der Waals surface area (Å²) in [5.41, 5.74) is 3.41. The van der Waals surface area contributed by atoms with E-state index < -0.39 is 0 Å². The first-order valence-corrected chi connectivity index (χ1v) is 7.07. The van der Waals surface area contributed by atoms with Gasteiger partial charge in [0.2, 0.25) is 0 Å². The number of nitrogens with one attached hydrogen (secondary N) is 1. The maximum absolute atomic E-state index is 5.87. The minimum atomic E-state index is -0.165. The first kappa shape index (κ1) is 16.9. The second-order valence-corrected chi connectivity index (χ2v) is 7.09. The van der Waals surface area contributed by atoms with Crippen LogP contribution in [-0.4, -0.2) is 16.6 Å². The molecule has 1 atom stereocenters. The number of nitrogens with two attached hydrogens (primary N) is 1. The van der Waals surface area contributed by atoms with Gasteiger partial charge >= 0.3 is 0 Å². The van der Waals surface area contributed by atoms with Crippen molar-refractivity contribution in [1.82, 2.24) is 9.97 Å². The molecule has 0 aliphatic carbocycles. The van der Waals surface area contributed by atoms with E-state index in [9.17, 15) is 0 Å². The van der Waals surface area contributed by atoms with Crippen LogP contribution < -0.4 is 11.3 Å². The molecule has 0 radical (unpaired) electrons. The van der Waals surface area contributed by atoms with Gasteiger partial charge < -0.3 is 10.2 Å². The molecule has 1 heterocycles. The van der Waals surface area contributed by atoms with Crippen molar-refractivity contribution in [3.8, 4) is 0 Å². The molecule has 114 valence electrons. The minimum absolute atomic E-state index is 0.0715. The van der Waals surface area contributed by atoms with Crippen molar-refractivity contribution < 1.29 is 4.74 Å². The maximum atomic E-state index is 5.87. The monoisotopic (exact) mass is 280 g/mol. The first-order valence-electron chi connectivity index (χ1n) is 7.07. The highest BCUT2D eigenvalue weighted by atomic mass is 16.5. The zero-order valence-corrected chi connectivity index (χ0v) is 13.7. The predicted octanol–water partition coefficient (Wildman–Crippen LogP) is 3.18. The van der Waals surface area contributed by atoms with Gasteiger partial charge in [0.15, 0.2) is 5.82 Å². The largest absolute Gasteiger partial charge is 0.370 e. The van der Waals surface area contributed by atoms with Crippen LogP contribution in [-0.2, 0) is 10.2 Å². The summed E-state index contributed by atoms with van der Waals surface area (Å²) in [6, 6.07) is 1.88. The van der Waals surface area contributed by atoms with E-state index in [1.54, 1.807) is 0 Å². The van der Waals surface area contributed by atoms with Crippen molar-refractivity contribution in [3.63, 3.8) is 0 Å². The summed E-state index contributed by atoms with van der Waals surface area (Å²) < 4.78 is 5.87. The molecule has 1 aromatic heterocycles. The Hall–Kier alpha value is -1.20. The van der Waals surface area contributed by atoms with Gasteiger partial charge in [-0.1, -0.05) is 41.5 Å². The molecule has 1 unspecified atom stereocenters. The van der Waals surface area contributed by atoms with Crippen LogP contribution in [0.4, 0.5) is 5.82 Å². The van der Waals surface area contributed by atoms with E-state index in [0.717, 1.165) is 5.69 Å². The molecule has 0 aromatic carbocycles. The topological polar surface area (TPSA) is 73.1 Å². The third-order valence-corrected chi connectivity index (χ3v) is 3.01. The lowest BCUT2D eigenvalue weighted by Crippen LogP contribution is -2.26. The van der Waals surface area contributed by atoms with Crippen LogP contribution in [0.1, 0.15) is 66.1 Å². The van der Waals surface area contributed by atoms with Gasteiger partial charge in [-0.3, -0.25) is 0 Å². The summed E-state index contributed by atoms with van der Waals surface area (Å²) >= 11 is 0. The summed E-state index contributed by atoms with van der Waals surface area (Å²) in [7, 11) is 0. The SMILES string of the molecule is CCOC(c1nc(NN)cc(C(C)(C)C)n1)C(C)(C)C. The van der Waals surface area contributed by atoms with Crippen LogP contribution in [0.3, 0.4) is 0 Å². The highest BCUT2D eigenvalue weighted by Gasteiger charge is 2.31. The van der Waals surface area contributed by atoms with Gasteiger partial charge in [0.1, 0.15) is 11.9 Å². The molecule has 0 saturated heterocycles.